The van der Waals surface area contributed by atoms with E-state index in [0.29, 0.717) is 23.8 Å². The number of allylic oxidation sites excluding steroid dienone is 3. The van der Waals surface area contributed by atoms with Crippen LogP contribution in [0.3, 0.4) is 0 Å². The van der Waals surface area contributed by atoms with Crippen molar-refractivity contribution in [3.05, 3.63) is 22.8 Å². The number of carbonyl (C=O) groups is 2. The van der Waals surface area contributed by atoms with E-state index in [4.69, 9.17) is 5.11 Å². The van der Waals surface area contributed by atoms with Gasteiger partial charge in [-0.1, -0.05) is 51.8 Å². The third kappa shape index (κ3) is 3.57. The zero-order chi connectivity index (χ0) is 25.1. The Labute approximate surface area is 206 Å². The molecular formula is C30H46O4. The number of hydrogen-bond donors (Lipinski definition) is 2. The van der Waals surface area contributed by atoms with Crippen molar-refractivity contribution in [3.63, 3.8) is 0 Å². The molecule has 4 aliphatic carbocycles. The summed E-state index contributed by atoms with van der Waals surface area (Å²) in [5, 5.41) is 19.9. The SMILES string of the molecule is C/C(=C/CC[C@@H](C=O)[C@@H]1CC[C@]2(C)C3=C(CC[C@@]12C)[C@@]1(C)CC[C@@H](O)C(C)(C)[C@@H]1CC3)C(=O)O. The van der Waals surface area contributed by atoms with Crippen molar-refractivity contribution in [2.75, 3.05) is 0 Å². The number of carboxylic acids is 1. The molecule has 34 heavy (non-hydrogen) atoms. The highest BCUT2D eigenvalue weighted by Gasteiger charge is 2.63. The van der Waals surface area contributed by atoms with Crippen molar-refractivity contribution in [3.8, 4) is 0 Å². The topological polar surface area (TPSA) is 74.6 Å². The van der Waals surface area contributed by atoms with Crippen LogP contribution in [0, 0.1) is 39.4 Å². The van der Waals surface area contributed by atoms with Gasteiger partial charge in [-0.05, 0) is 105 Å². The zero-order valence-corrected chi connectivity index (χ0v) is 22.2. The zero-order valence-electron chi connectivity index (χ0n) is 22.2. The van der Waals surface area contributed by atoms with Crippen LogP contribution in [0.5, 0.6) is 0 Å². The Hall–Kier alpha value is -1.42. The van der Waals surface area contributed by atoms with Gasteiger partial charge in [-0.25, -0.2) is 4.79 Å². The average Bonchev–Trinajstić information content (AvgIpc) is 3.05. The first-order valence-corrected chi connectivity index (χ1v) is 13.6. The summed E-state index contributed by atoms with van der Waals surface area (Å²) in [4.78, 5) is 23.4. The van der Waals surface area contributed by atoms with Crippen molar-refractivity contribution in [1.29, 1.82) is 0 Å². The van der Waals surface area contributed by atoms with Gasteiger partial charge in [0.1, 0.15) is 6.29 Å². The van der Waals surface area contributed by atoms with Crippen LogP contribution in [0.4, 0.5) is 0 Å². The van der Waals surface area contributed by atoms with E-state index in [1.54, 1.807) is 24.1 Å². The summed E-state index contributed by atoms with van der Waals surface area (Å²) in [5.74, 6) is -0.00260. The van der Waals surface area contributed by atoms with Gasteiger partial charge in [-0.15, -0.1) is 0 Å². The molecule has 7 atom stereocenters. The number of aliphatic hydroxyl groups excluding tert-OH is 1. The van der Waals surface area contributed by atoms with Gasteiger partial charge in [-0.3, -0.25) is 0 Å². The summed E-state index contributed by atoms with van der Waals surface area (Å²) in [5.41, 5.74) is 4.14. The van der Waals surface area contributed by atoms with E-state index in [1.807, 2.05) is 0 Å². The monoisotopic (exact) mass is 470 g/mol. The fraction of sp³-hybridized carbons (Fsp3) is 0.800. The minimum absolute atomic E-state index is 0.0116. The first kappa shape index (κ1) is 25.7. The molecule has 0 aromatic rings. The van der Waals surface area contributed by atoms with E-state index >= 15 is 0 Å². The first-order valence-electron chi connectivity index (χ1n) is 13.6. The molecular weight excluding hydrogens is 424 g/mol. The number of hydrogen-bond acceptors (Lipinski definition) is 3. The summed E-state index contributed by atoms with van der Waals surface area (Å²) in [7, 11) is 0. The average molecular weight is 471 g/mol. The summed E-state index contributed by atoms with van der Waals surface area (Å²) in [6.45, 7) is 13.6. The predicted molar refractivity (Wildman–Crippen MR) is 135 cm³/mol. The van der Waals surface area contributed by atoms with Crippen LogP contribution >= 0.6 is 0 Å². The fourth-order valence-corrected chi connectivity index (χ4v) is 9.35. The smallest absolute Gasteiger partial charge is 0.330 e. The third-order valence-electron chi connectivity index (χ3n) is 11.8. The van der Waals surface area contributed by atoms with Crippen LogP contribution in [-0.2, 0) is 9.59 Å². The molecule has 0 saturated heterocycles. The second-order valence-electron chi connectivity index (χ2n) is 13.3. The van der Waals surface area contributed by atoms with Gasteiger partial charge in [-0.2, -0.15) is 0 Å². The molecule has 2 saturated carbocycles. The van der Waals surface area contributed by atoms with E-state index in [-0.39, 0.29) is 33.7 Å². The van der Waals surface area contributed by atoms with Gasteiger partial charge in [0, 0.05) is 11.5 Å². The highest BCUT2D eigenvalue weighted by Crippen LogP contribution is 2.72. The Morgan fingerprint density at radius 2 is 1.74 bits per heavy atom. The summed E-state index contributed by atoms with van der Waals surface area (Å²) >= 11 is 0. The van der Waals surface area contributed by atoms with Crippen LogP contribution in [0.1, 0.15) is 106 Å². The minimum atomic E-state index is -0.877. The Bertz CT molecular complexity index is 913. The third-order valence-corrected chi connectivity index (χ3v) is 11.8. The van der Waals surface area contributed by atoms with E-state index in [2.05, 4.69) is 34.6 Å². The van der Waals surface area contributed by atoms with E-state index < -0.39 is 5.97 Å². The number of fused-ring (bicyclic) bond motifs is 4. The molecule has 0 heterocycles. The Kier molecular flexibility index (Phi) is 6.50. The molecule has 190 valence electrons. The number of aliphatic carboxylic acids is 1. The van der Waals surface area contributed by atoms with Crippen LogP contribution in [0.2, 0.25) is 0 Å². The molecule has 0 aliphatic heterocycles. The van der Waals surface area contributed by atoms with Gasteiger partial charge < -0.3 is 15.0 Å². The molecule has 0 spiro atoms. The lowest BCUT2D eigenvalue weighted by molar-refractivity contribution is -0.132. The van der Waals surface area contributed by atoms with Crippen molar-refractivity contribution in [2.24, 2.45) is 39.4 Å². The van der Waals surface area contributed by atoms with Crippen molar-refractivity contribution >= 4 is 12.3 Å². The van der Waals surface area contributed by atoms with Crippen LogP contribution < -0.4 is 0 Å². The van der Waals surface area contributed by atoms with Gasteiger partial charge in [0.25, 0.3) is 0 Å². The van der Waals surface area contributed by atoms with E-state index in [9.17, 15) is 14.7 Å². The normalized spacial score (nSPS) is 42.4. The highest BCUT2D eigenvalue weighted by molar-refractivity contribution is 5.85. The molecule has 0 amide bonds. The summed E-state index contributed by atoms with van der Waals surface area (Å²) < 4.78 is 0. The maximum absolute atomic E-state index is 12.3. The lowest BCUT2D eigenvalue weighted by Gasteiger charge is -2.62. The number of aldehydes is 1. The predicted octanol–water partition coefficient (Wildman–Crippen LogP) is 6.72. The second-order valence-corrected chi connectivity index (χ2v) is 13.3. The van der Waals surface area contributed by atoms with Gasteiger partial charge in [0.05, 0.1) is 6.10 Å². The van der Waals surface area contributed by atoms with Gasteiger partial charge in [0.15, 0.2) is 0 Å². The van der Waals surface area contributed by atoms with E-state index in [0.717, 1.165) is 57.8 Å². The molecule has 0 unspecified atom stereocenters. The number of rotatable bonds is 6. The Morgan fingerprint density at radius 3 is 2.38 bits per heavy atom. The molecule has 2 N–H and O–H groups in total. The molecule has 0 aromatic carbocycles. The summed E-state index contributed by atoms with van der Waals surface area (Å²) in [6.07, 6.45) is 12.9. The van der Waals surface area contributed by atoms with Crippen molar-refractivity contribution in [1.82, 2.24) is 0 Å². The molecule has 4 heteroatoms. The Balaban J connectivity index is 1.63. The van der Waals surface area contributed by atoms with Crippen LogP contribution in [0.15, 0.2) is 22.8 Å². The molecule has 4 aliphatic rings. The highest BCUT2D eigenvalue weighted by atomic mass is 16.4. The Morgan fingerprint density at radius 1 is 1.03 bits per heavy atom. The van der Waals surface area contributed by atoms with Crippen molar-refractivity contribution in [2.45, 2.75) is 112 Å². The maximum atomic E-state index is 12.3. The van der Waals surface area contributed by atoms with Gasteiger partial charge >= 0.3 is 5.97 Å². The molecule has 0 radical (unpaired) electrons. The fourth-order valence-electron chi connectivity index (χ4n) is 9.35. The van der Waals surface area contributed by atoms with E-state index in [1.165, 1.54) is 6.29 Å². The maximum Gasteiger partial charge on any atom is 0.330 e. The van der Waals surface area contributed by atoms with Crippen LogP contribution in [-0.4, -0.2) is 28.6 Å². The largest absolute Gasteiger partial charge is 0.478 e. The second kappa shape index (κ2) is 8.61. The minimum Gasteiger partial charge on any atom is -0.478 e. The number of carbonyl (C=O) groups excluding carboxylic acids is 1. The molecule has 0 aromatic heterocycles. The quantitative estimate of drug-likeness (QED) is 0.257. The standard InChI is InChI=1S/C30H46O4/c1-19(26(33)34)8-7-9-20(18-31)21-12-16-30(6)23-10-11-24-27(2,3)25(32)14-15-28(24,4)22(23)13-17-29(21,30)5/h8,18,20-21,24-25,32H,7,9-17H2,1-6H3,(H,33,34)/b19-8-/t20-,21-,24-,25+,28+,29-,30+/m0/s1. The molecule has 4 nitrogen and oxygen atoms in total. The van der Waals surface area contributed by atoms with Gasteiger partial charge in [0.2, 0.25) is 0 Å². The lowest BCUT2D eigenvalue weighted by Crippen LogP contribution is -2.55. The lowest BCUT2D eigenvalue weighted by atomic mass is 9.43. The molecule has 4 rings (SSSR count). The summed E-state index contributed by atoms with van der Waals surface area (Å²) in [6, 6.07) is 0. The molecule has 2 fully saturated rings. The van der Waals surface area contributed by atoms with Crippen LogP contribution in [0.25, 0.3) is 0 Å². The number of carboxylic acid groups (broad SMARTS) is 1. The number of aliphatic hydroxyl groups is 1. The van der Waals surface area contributed by atoms with Crippen molar-refractivity contribution < 1.29 is 19.8 Å². The first-order chi connectivity index (χ1) is 15.8. The molecule has 0 bridgehead atoms.